The summed E-state index contributed by atoms with van der Waals surface area (Å²) in [5, 5.41) is 10.3. The Bertz CT molecular complexity index is 876. The molecular weight excluding hydrogens is 334 g/mol. The van der Waals surface area contributed by atoms with E-state index < -0.39 is 6.10 Å². The molecular formula is C18H21N5O3. The fourth-order valence-corrected chi connectivity index (χ4v) is 3.30. The quantitative estimate of drug-likeness (QED) is 0.865. The van der Waals surface area contributed by atoms with Crippen molar-refractivity contribution >= 4 is 17.5 Å². The van der Waals surface area contributed by atoms with Crippen molar-refractivity contribution in [2.75, 3.05) is 5.32 Å². The molecule has 2 aliphatic heterocycles. The summed E-state index contributed by atoms with van der Waals surface area (Å²) in [6.45, 7) is 4.29. The number of hydrogen-bond donors (Lipinski definition) is 2. The molecule has 136 valence electrons. The zero-order valence-corrected chi connectivity index (χ0v) is 14.8. The number of para-hydroxylation sites is 1. The number of hydrogen-bond acceptors (Lipinski definition) is 5. The summed E-state index contributed by atoms with van der Waals surface area (Å²) in [4.78, 5) is 29.0. The molecule has 0 bridgehead atoms. The molecule has 1 aromatic heterocycles. The lowest BCUT2D eigenvalue weighted by Crippen LogP contribution is -2.42. The van der Waals surface area contributed by atoms with E-state index in [2.05, 4.69) is 20.7 Å². The van der Waals surface area contributed by atoms with Crippen molar-refractivity contribution in [3.8, 4) is 5.75 Å². The van der Waals surface area contributed by atoms with Gasteiger partial charge < -0.3 is 15.4 Å². The molecule has 8 heteroatoms. The van der Waals surface area contributed by atoms with Gasteiger partial charge in [-0.15, -0.1) is 0 Å². The first-order valence-corrected chi connectivity index (χ1v) is 8.89. The Morgan fingerprint density at radius 2 is 2.31 bits per heavy atom. The van der Waals surface area contributed by atoms with Gasteiger partial charge in [-0.2, -0.15) is 5.10 Å². The van der Waals surface area contributed by atoms with Crippen LogP contribution in [0, 0.1) is 0 Å². The van der Waals surface area contributed by atoms with Crippen LogP contribution in [0.5, 0.6) is 5.75 Å². The first-order valence-electron chi connectivity index (χ1n) is 8.89. The fourth-order valence-electron chi connectivity index (χ4n) is 3.30. The maximum atomic E-state index is 12.8. The number of carbonyl (C=O) groups excluding carboxylic acids is 2. The summed E-state index contributed by atoms with van der Waals surface area (Å²) >= 11 is 0. The second-order valence-electron chi connectivity index (χ2n) is 6.62. The second-order valence-corrected chi connectivity index (χ2v) is 6.62. The van der Waals surface area contributed by atoms with Crippen molar-refractivity contribution in [1.82, 2.24) is 20.1 Å². The molecule has 1 aromatic carbocycles. The first kappa shape index (κ1) is 16.6. The number of rotatable bonds is 3. The van der Waals surface area contributed by atoms with Gasteiger partial charge in [0.25, 0.3) is 11.8 Å². The van der Waals surface area contributed by atoms with Gasteiger partial charge in [-0.3, -0.25) is 9.59 Å². The number of aromatic nitrogens is 3. The third kappa shape index (κ3) is 2.91. The average Bonchev–Trinajstić information content (AvgIpc) is 3.04. The highest BCUT2D eigenvalue weighted by molar-refractivity contribution is 6.04. The highest BCUT2D eigenvalue weighted by Crippen LogP contribution is 2.33. The molecule has 0 saturated heterocycles. The molecule has 2 unspecified atom stereocenters. The van der Waals surface area contributed by atoms with Crippen LogP contribution in [-0.2, 0) is 24.2 Å². The predicted molar refractivity (Wildman–Crippen MR) is 94.1 cm³/mol. The normalized spacial score (nSPS) is 21.2. The van der Waals surface area contributed by atoms with Crippen LogP contribution in [0.4, 0.5) is 5.69 Å². The third-order valence-electron chi connectivity index (χ3n) is 4.73. The monoisotopic (exact) mass is 355 g/mol. The van der Waals surface area contributed by atoms with E-state index in [1.807, 2.05) is 11.6 Å². The number of carbonyl (C=O) groups is 2. The van der Waals surface area contributed by atoms with Crippen LogP contribution < -0.4 is 15.4 Å². The second kappa shape index (κ2) is 6.44. The Labute approximate surface area is 150 Å². The molecule has 0 fully saturated rings. The van der Waals surface area contributed by atoms with E-state index >= 15 is 0 Å². The van der Waals surface area contributed by atoms with E-state index in [0.29, 0.717) is 23.5 Å². The molecule has 2 N–H and O–H groups in total. The molecule has 2 atom stereocenters. The summed E-state index contributed by atoms with van der Waals surface area (Å²) in [5.41, 5.74) is 0.948. The smallest absolute Gasteiger partial charge is 0.265 e. The van der Waals surface area contributed by atoms with E-state index in [4.69, 9.17) is 4.74 Å². The van der Waals surface area contributed by atoms with Crippen molar-refractivity contribution in [3.63, 3.8) is 0 Å². The van der Waals surface area contributed by atoms with Crippen LogP contribution >= 0.6 is 0 Å². The van der Waals surface area contributed by atoms with Crippen LogP contribution in [0.1, 0.15) is 42.3 Å². The van der Waals surface area contributed by atoms with Gasteiger partial charge in [0, 0.05) is 18.9 Å². The first-order chi connectivity index (χ1) is 12.5. The highest BCUT2D eigenvalue weighted by Gasteiger charge is 2.29. The van der Waals surface area contributed by atoms with Crippen LogP contribution in [0.25, 0.3) is 0 Å². The molecule has 2 aromatic rings. The van der Waals surface area contributed by atoms with E-state index in [0.717, 1.165) is 30.9 Å². The van der Waals surface area contributed by atoms with Gasteiger partial charge in [-0.05, 0) is 25.5 Å². The van der Waals surface area contributed by atoms with Crippen molar-refractivity contribution in [2.24, 2.45) is 0 Å². The van der Waals surface area contributed by atoms with E-state index in [1.165, 1.54) is 0 Å². The molecule has 0 spiro atoms. The van der Waals surface area contributed by atoms with Gasteiger partial charge in [0.2, 0.25) is 0 Å². The average molecular weight is 355 g/mol. The van der Waals surface area contributed by atoms with E-state index in [1.54, 1.807) is 25.1 Å². The number of anilines is 1. The standard InChI is InChI=1S/C18H21N5O3/c1-3-14-21-15-8-7-11(9-23(15)22-14)19-18(25)12-5-4-6-13-16(12)26-10(2)17(24)20-13/h4-6,10-11H,3,7-9H2,1-2H3,(H,19,25)(H,20,24). The van der Waals surface area contributed by atoms with Crippen LogP contribution in [0.2, 0.25) is 0 Å². The Balaban J connectivity index is 1.51. The lowest BCUT2D eigenvalue weighted by Gasteiger charge is -2.27. The van der Waals surface area contributed by atoms with Gasteiger partial charge in [0.1, 0.15) is 5.82 Å². The third-order valence-corrected chi connectivity index (χ3v) is 4.73. The van der Waals surface area contributed by atoms with Crippen LogP contribution in [0.15, 0.2) is 18.2 Å². The minimum atomic E-state index is -0.628. The number of nitrogens with zero attached hydrogens (tertiary/aromatic N) is 3. The van der Waals surface area contributed by atoms with Crippen molar-refractivity contribution in [2.45, 2.75) is 51.8 Å². The van der Waals surface area contributed by atoms with E-state index in [9.17, 15) is 9.59 Å². The number of benzene rings is 1. The summed E-state index contributed by atoms with van der Waals surface area (Å²) in [6.07, 6.45) is 1.77. The highest BCUT2D eigenvalue weighted by atomic mass is 16.5. The maximum absolute atomic E-state index is 12.8. The van der Waals surface area contributed by atoms with Gasteiger partial charge >= 0.3 is 0 Å². The molecule has 26 heavy (non-hydrogen) atoms. The molecule has 2 aliphatic rings. The Morgan fingerprint density at radius 1 is 1.46 bits per heavy atom. The molecule has 2 amide bonds. The Kier molecular flexibility index (Phi) is 4.10. The molecule has 0 radical (unpaired) electrons. The molecule has 0 aliphatic carbocycles. The van der Waals surface area contributed by atoms with Crippen LogP contribution in [0.3, 0.4) is 0 Å². The topological polar surface area (TPSA) is 98.1 Å². The zero-order chi connectivity index (χ0) is 18.3. The SMILES string of the molecule is CCc1nc2n(n1)CC(NC(=O)c1cccc3c1OC(C)C(=O)N3)CC2. The lowest BCUT2D eigenvalue weighted by atomic mass is 10.1. The molecule has 3 heterocycles. The van der Waals surface area contributed by atoms with Gasteiger partial charge in [0.05, 0.1) is 17.8 Å². The predicted octanol–water partition coefficient (Wildman–Crippen LogP) is 1.30. The van der Waals surface area contributed by atoms with E-state index in [-0.39, 0.29) is 17.9 Å². The van der Waals surface area contributed by atoms with Crippen molar-refractivity contribution in [1.29, 1.82) is 0 Å². The summed E-state index contributed by atoms with van der Waals surface area (Å²) < 4.78 is 7.54. The fraction of sp³-hybridized carbons (Fsp3) is 0.444. The van der Waals surface area contributed by atoms with Gasteiger partial charge in [0.15, 0.2) is 17.7 Å². The lowest BCUT2D eigenvalue weighted by molar-refractivity contribution is -0.122. The Morgan fingerprint density at radius 3 is 3.12 bits per heavy atom. The number of fused-ring (bicyclic) bond motifs is 2. The molecule has 4 rings (SSSR count). The largest absolute Gasteiger partial charge is 0.478 e. The molecule has 8 nitrogen and oxygen atoms in total. The maximum Gasteiger partial charge on any atom is 0.265 e. The summed E-state index contributed by atoms with van der Waals surface area (Å²) in [5.74, 6) is 1.80. The van der Waals surface area contributed by atoms with Gasteiger partial charge in [-0.1, -0.05) is 13.0 Å². The van der Waals surface area contributed by atoms with Gasteiger partial charge in [-0.25, -0.2) is 9.67 Å². The number of amides is 2. The van der Waals surface area contributed by atoms with Crippen molar-refractivity contribution < 1.29 is 14.3 Å². The number of aryl methyl sites for hydroxylation is 2. The number of ether oxygens (including phenoxy) is 1. The summed E-state index contributed by atoms with van der Waals surface area (Å²) in [7, 11) is 0. The molecule has 0 saturated carbocycles. The van der Waals surface area contributed by atoms with Crippen LogP contribution in [-0.4, -0.2) is 38.7 Å². The Hall–Kier alpha value is -2.90. The summed E-state index contributed by atoms with van der Waals surface area (Å²) in [6, 6.07) is 5.15. The number of nitrogens with one attached hydrogen (secondary N) is 2. The zero-order valence-electron chi connectivity index (χ0n) is 14.8. The minimum absolute atomic E-state index is 0.0205. The van der Waals surface area contributed by atoms with Crippen molar-refractivity contribution in [3.05, 3.63) is 35.4 Å². The minimum Gasteiger partial charge on any atom is -0.478 e.